The van der Waals surface area contributed by atoms with Crippen molar-refractivity contribution in [2.45, 2.75) is 33.6 Å². The molecule has 0 amide bonds. The first-order chi connectivity index (χ1) is 6.34. The van der Waals surface area contributed by atoms with E-state index in [-0.39, 0.29) is 6.61 Å². The van der Waals surface area contributed by atoms with Crippen molar-refractivity contribution in [3.63, 3.8) is 0 Å². The average molecular weight is 179 g/mol. The van der Waals surface area contributed by atoms with E-state index in [0.29, 0.717) is 0 Å². The van der Waals surface area contributed by atoms with Crippen LogP contribution in [0.5, 0.6) is 0 Å². The Morgan fingerprint density at radius 3 is 2.54 bits per heavy atom. The summed E-state index contributed by atoms with van der Waals surface area (Å²) in [5.41, 5.74) is 1.14. The molecule has 0 fully saturated rings. The van der Waals surface area contributed by atoms with Crippen molar-refractivity contribution >= 4 is 0 Å². The van der Waals surface area contributed by atoms with Gasteiger partial charge in [-0.2, -0.15) is 5.26 Å². The molecule has 1 rings (SSSR count). The Morgan fingerprint density at radius 1 is 1.38 bits per heavy atom. The summed E-state index contributed by atoms with van der Waals surface area (Å²) in [6.07, 6.45) is 6.28. The molecule has 0 aromatic carbocycles. The molecule has 0 aliphatic heterocycles. The predicted octanol–water partition coefficient (Wildman–Crippen LogP) is 3.18. The highest BCUT2D eigenvalue weighted by molar-refractivity contribution is 5.26. The van der Waals surface area contributed by atoms with Crippen LogP contribution in [0.4, 0.5) is 0 Å². The van der Waals surface area contributed by atoms with Crippen LogP contribution in [0, 0.1) is 11.3 Å². The molecule has 1 aliphatic rings. The zero-order valence-corrected chi connectivity index (χ0v) is 8.63. The Bertz CT molecular complexity index is 233. The summed E-state index contributed by atoms with van der Waals surface area (Å²) in [7, 11) is 0. The lowest BCUT2D eigenvalue weighted by Gasteiger charge is -2.11. The summed E-state index contributed by atoms with van der Waals surface area (Å²) >= 11 is 0. The summed E-state index contributed by atoms with van der Waals surface area (Å²) in [6, 6.07) is 1.95. The fourth-order valence-corrected chi connectivity index (χ4v) is 1.06. The molecule has 0 N–H and O–H groups in total. The standard InChI is InChI=1S/C9H11NO.C2H6/c1-8-4-2-3-5-9(8)11-7-6-10;1-2/h4-5H,2-3,7H2,1H3;1-2H3. The normalized spacial score (nSPS) is 14.3. The Morgan fingerprint density at radius 2 is 2.00 bits per heavy atom. The van der Waals surface area contributed by atoms with Crippen LogP contribution < -0.4 is 0 Å². The predicted molar refractivity (Wildman–Crippen MR) is 54.0 cm³/mol. The van der Waals surface area contributed by atoms with Gasteiger partial charge in [0.2, 0.25) is 0 Å². The molecule has 1 aliphatic carbocycles. The molecule has 0 unspecified atom stereocenters. The van der Waals surface area contributed by atoms with Crippen LogP contribution in [0.25, 0.3) is 0 Å². The van der Waals surface area contributed by atoms with Crippen molar-refractivity contribution in [3.8, 4) is 6.07 Å². The van der Waals surface area contributed by atoms with Gasteiger partial charge in [0.25, 0.3) is 0 Å². The van der Waals surface area contributed by atoms with Gasteiger partial charge in [0.1, 0.15) is 11.8 Å². The first-order valence-electron chi connectivity index (χ1n) is 4.71. The van der Waals surface area contributed by atoms with Crippen molar-refractivity contribution in [1.82, 2.24) is 0 Å². The first kappa shape index (κ1) is 11.8. The zero-order chi connectivity index (χ0) is 10.1. The van der Waals surface area contributed by atoms with Crippen LogP contribution in [0.1, 0.15) is 33.6 Å². The van der Waals surface area contributed by atoms with Crippen molar-refractivity contribution in [3.05, 3.63) is 23.5 Å². The van der Waals surface area contributed by atoms with Gasteiger partial charge >= 0.3 is 0 Å². The van der Waals surface area contributed by atoms with Crippen LogP contribution in [0.3, 0.4) is 0 Å². The monoisotopic (exact) mass is 179 g/mol. The van der Waals surface area contributed by atoms with Gasteiger partial charge in [0, 0.05) is 0 Å². The third-order valence-corrected chi connectivity index (χ3v) is 1.63. The Kier molecular flexibility index (Phi) is 6.72. The molecule has 0 bridgehead atoms. The van der Waals surface area contributed by atoms with E-state index in [0.717, 1.165) is 24.2 Å². The molecule has 0 spiro atoms. The third kappa shape index (κ3) is 4.37. The lowest BCUT2D eigenvalue weighted by Crippen LogP contribution is -1.97. The number of hydrogen-bond donors (Lipinski definition) is 0. The summed E-state index contributed by atoms with van der Waals surface area (Å²) in [6.45, 7) is 6.15. The van der Waals surface area contributed by atoms with Crippen LogP contribution in [-0.4, -0.2) is 6.61 Å². The number of nitrogens with zero attached hydrogens (tertiary/aromatic N) is 1. The minimum atomic E-state index is 0.150. The topological polar surface area (TPSA) is 33.0 Å². The van der Waals surface area contributed by atoms with Gasteiger partial charge in [-0.1, -0.05) is 19.9 Å². The van der Waals surface area contributed by atoms with E-state index in [1.165, 1.54) is 0 Å². The molecule has 0 saturated carbocycles. The van der Waals surface area contributed by atoms with Crippen molar-refractivity contribution in [1.29, 1.82) is 5.26 Å². The molecular weight excluding hydrogens is 162 g/mol. The van der Waals surface area contributed by atoms with E-state index in [1.54, 1.807) is 0 Å². The molecule has 72 valence electrons. The second kappa shape index (κ2) is 7.42. The quantitative estimate of drug-likeness (QED) is 0.652. The molecule has 2 nitrogen and oxygen atoms in total. The molecular formula is C11H17NO. The maximum atomic E-state index is 8.26. The summed E-state index contributed by atoms with van der Waals surface area (Å²) < 4.78 is 5.18. The fourth-order valence-electron chi connectivity index (χ4n) is 1.06. The summed E-state index contributed by atoms with van der Waals surface area (Å²) in [4.78, 5) is 0. The van der Waals surface area contributed by atoms with Crippen LogP contribution in [-0.2, 0) is 4.74 Å². The van der Waals surface area contributed by atoms with Gasteiger partial charge in [0.15, 0.2) is 6.61 Å². The fraction of sp³-hybridized carbons (Fsp3) is 0.545. The second-order valence-electron chi connectivity index (χ2n) is 2.48. The number of rotatable bonds is 2. The number of hydrogen-bond acceptors (Lipinski definition) is 2. The molecule has 0 heterocycles. The van der Waals surface area contributed by atoms with E-state index >= 15 is 0 Å². The Labute approximate surface area is 80.5 Å². The van der Waals surface area contributed by atoms with E-state index < -0.39 is 0 Å². The third-order valence-electron chi connectivity index (χ3n) is 1.63. The Hall–Kier alpha value is -1.23. The van der Waals surface area contributed by atoms with E-state index in [9.17, 15) is 0 Å². The number of allylic oxidation sites excluding steroid dienone is 3. The average Bonchev–Trinajstić information content (AvgIpc) is 2.20. The van der Waals surface area contributed by atoms with E-state index in [4.69, 9.17) is 10.00 Å². The highest BCUT2D eigenvalue weighted by atomic mass is 16.5. The van der Waals surface area contributed by atoms with E-state index in [2.05, 4.69) is 6.08 Å². The number of ether oxygens (including phenoxy) is 1. The summed E-state index contributed by atoms with van der Waals surface area (Å²) in [5.74, 6) is 0.873. The van der Waals surface area contributed by atoms with Crippen molar-refractivity contribution in [2.24, 2.45) is 0 Å². The smallest absolute Gasteiger partial charge is 0.174 e. The lowest BCUT2D eigenvalue weighted by molar-refractivity contribution is 0.258. The van der Waals surface area contributed by atoms with Crippen molar-refractivity contribution < 1.29 is 4.74 Å². The maximum absolute atomic E-state index is 8.26. The molecule has 0 saturated heterocycles. The van der Waals surface area contributed by atoms with Gasteiger partial charge < -0.3 is 4.74 Å². The molecule has 0 radical (unpaired) electrons. The largest absolute Gasteiger partial charge is 0.479 e. The Balaban J connectivity index is 0.000000671. The van der Waals surface area contributed by atoms with Crippen LogP contribution in [0.2, 0.25) is 0 Å². The van der Waals surface area contributed by atoms with Gasteiger partial charge in [0.05, 0.1) is 0 Å². The minimum Gasteiger partial charge on any atom is -0.479 e. The molecule has 2 heteroatoms. The second-order valence-corrected chi connectivity index (χ2v) is 2.48. The highest BCUT2D eigenvalue weighted by Crippen LogP contribution is 2.18. The van der Waals surface area contributed by atoms with E-state index in [1.807, 2.05) is 32.9 Å². The van der Waals surface area contributed by atoms with Crippen LogP contribution >= 0.6 is 0 Å². The van der Waals surface area contributed by atoms with Crippen molar-refractivity contribution in [2.75, 3.05) is 6.61 Å². The number of nitriles is 1. The minimum absolute atomic E-state index is 0.150. The molecule has 0 atom stereocenters. The van der Waals surface area contributed by atoms with Gasteiger partial charge in [-0.3, -0.25) is 0 Å². The van der Waals surface area contributed by atoms with Gasteiger partial charge in [-0.25, -0.2) is 0 Å². The lowest BCUT2D eigenvalue weighted by atomic mass is 10.1. The van der Waals surface area contributed by atoms with Crippen LogP contribution in [0.15, 0.2) is 23.5 Å². The van der Waals surface area contributed by atoms with Gasteiger partial charge in [-0.15, -0.1) is 0 Å². The molecule has 0 aromatic rings. The maximum Gasteiger partial charge on any atom is 0.174 e. The SMILES string of the molecule is CC.CC1=CCCC=C1OCC#N. The molecule has 13 heavy (non-hydrogen) atoms. The zero-order valence-electron chi connectivity index (χ0n) is 8.63. The first-order valence-corrected chi connectivity index (χ1v) is 4.71. The van der Waals surface area contributed by atoms with Gasteiger partial charge in [-0.05, 0) is 31.4 Å². The summed E-state index contributed by atoms with van der Waals surface area (Å²) in [5, 5.41) is 8.26. The highest BCUT2D eigenvalue weighted by Gasteiger charge is 2.03. The molecule has 0 aromatic heterocycles.